The highest BCUT2D eigenvalue weighted by molar-refractivity contribution is 5.83. The maximum Gasteiger partial charge on any atom is 0.239 e. The third-order valence-electron chi connectivity index (χ3n) is 2.83. The van der Waals surface area contributed by atoms with Crippen molar-refractivity contribution in [1.29, 1.82) is 0 Å². The van der Waals surface area contributed by atoms with E-state index in [1.54, 1.807) is 18.2 Å². The van der Waals surface area contributed by atoms with Crippen LogP contribution in [0.25, 0.3) is 11.3 Å². The number of hydrogen-bond donors (Lipinski definition) is 2. The van der Waals surface area contributed by atoms with Crippen LogP contribution in [0, 0.1) is 5.82 Å². The molecule has 0 radical (unpaired) electrons. The van der Waals surface area contributed by atoms with Crippen LogP contribution in [0.5, 0.6) is 0 Å². The molecule has 7 heteroatoms. The van der Waals surface area contributed by atoms with Gasteiger partial charge < -0.3 is 10.6 Å². The van der Waals surface area contributed by atoms with Crippen LogP contribution in [-0.4, -0.2) is 28.3 Å². The van der Waals surface area contributed by atoms with Crippen molar-refractivity contribution in [2.45, 2.75) is 13.5 Å². The number of nitrogens with one attached hydrogen (secondary N) is 2. The third-order valence-corrected chi connectivity index (χ3v) is 2.83. The first-order valence-electron chi connectivity index (χ1n) is 6.62. The van der Waals surface area contributed by atoms with Crippen LogP contribution in [0.4, 0.5) is 4.39 Å². The standard InChI is InChI=1S/C15H15FN4O2/c1-10(21)17-8-15(22)18-7-13-6-14(20-9-19-13)11-2-4-12(16)5-3-11/h2-6,9H,7-8H2,1H3,(H,17,21)(H,18,22). The predicted molar refractivity (Wildman–Crippen MR) is 78.0 cm³/mol. The Morgan fingerprint density at radius 2 is 1.86 bits per heavy atom. The van der Waals surface area contributed by atoms with E-state index in [4.69, 9.17) is 0 Å². The number of aromatic nitrogens is 2. The highest BCUT2D eigenvalue weighted by Crippen LogP contribution is 2.17. The Kier molecular flexibility index (Phi) is 5.13. The summed E-state index contributed by atoms with van der Waals surface area (Å²) in [4.78, 5) is 30.4. The van der Waals surface area contributed by atoms with Gasteiger partial charge >= 0.3 is 0 Å². The average Bonchev–Trinajstić information content (AvgIpc) is 2.52. The van der Waals surface area contributed by atoms with Crippen LogP contribution in [0.2, 0.25) is 0 Å². The number of carbonyl (C=O) groups is 2. The number of halogens is 1. The number of nitrogens with zero attached hydrogens (tertiary/aromatic N) is 2. The van der Waals surface area contributed by atoms with Crippen LogP contribution in [0.3, 0.4) is 0 Å². The number of amides is 2. The summed E-state index contributed by atoms with van der Waals surface area (Å²) in [5.41, 5.74) is 2.02. The predicted octanol–water partition coefficient (Wildman–Crippen LogP) is 1.04. The monoisotopic (exact) mass is 302 g/mol. The molecule has 2 rings (SSSR count). The molecular weight excluding hydrogens is 287 g/mol. The molecule has 0 aliphatic rings. The van der Waals surface area contributed by atoms with E-state index in [0.29, 0.717) is 11.4 Å². The Balaban J connectivity index is 1.98. The Hall–Kier alpha value is -2.83. The van der Waals surface area contributed by atoms with Gasteiger partial charge in [-0.05, 0) is 30.3 Å². The highest BCUT2D eigenvalue weighted by atomic mass is 19.1. The first-order chi connectivity index (χ1) is 10.5. The van der Waals surface area contributed by atoms with Crippen LogP contribution in [0.15, 0.2) is 36.7 Å². The molecule has 1 heterocycles. The van der Waals surface area contributed by atoms with Crippen molar-refractivity contribution in [3.63, 3.8) is 0 Å². The molecule has 22 heavy (non-hydrogen) atoms. The van der Waals surface area contributed by atoms with Crippen molar-refractivity contribution in [3.05, 3.63) is 48.2 Å². The lowest BCUT2D eigenvalue weighted by atomic mass is 10.1. The Labute approximate surface area is 126 Å². The smallest absolute Gasteiger partial charge is 0.239 e. The van der Waals surface area contributed by atoms with E-state index < -0.39 is 0 Å². The molecule has 0 aliphatic carbocycles. The first kappa shape index (κ1) is 15.6. The molecule has 0 unspecified atom stereocenters. The van der Waals surface area contributed by atoms with Crippen molar-refractivity contribution in [3.8, 4) is 11.3 Å². The normalized spacial score (nSPS) is 10.1. The van der Waals surface area contributed by atoms with Gasteiger partial charge in [0.05, 0.1) is 24.5 Å². The van der Waals surface area contributed by atoms with E-state index >= 15 is 0 Å². The minimum atomic E-state index is -0.316. The van der Waals surface area contributed by atoms with Crippen molar-refractivity contribution < 1.29 is 14.0 Å². The molecule has 114 valence electrons. The molecule has 0 saturated heterocycles. The van der Waals surface area contributed by atoms with Crippen molar-refractivity contribution in [2.75, 3.05) is 6.54 Å². The topological polar surface area (TPSA) is 84.0 Å². The molecule has 1 aromatic heterocycles. The van der Waals surface area contributed by atoms with E-state index in [2.05, 4.69) is 20.6 Å². The lowest BCUT2D eigenvalue weighted by Crippen LogP contribution is -2.35. The molecule has 0 fully saturated rings. The number of benzene rings is 1. The minimum Gasteiger partial charge on any atom is -0.349 e. The van der Waals surface area contributed by atoms with Crippen molar-refractivity contribution in [1.82, 2.24) is 20.6 Å². The van der Waals surface area contributed by atoms with E-state index in [1.807, 2.05) is 0 Å². The van der Waals surface area contributed by atoms with Crippen LogP contribution in [0.1, 0.15) is 12.6 Å². The first-order valence-corrected chi connectivity index (χ1v) is 6.62. The van der Waals surface area contributed by atoms with Gasteiger partial charge in [0, 0.05) is 12.5 Å². The summed E-state index contributed by atoms with van der Waals surface area (Å²) < 4.78 is 12.9. The molecule has 6 nitrogen and oxygen atoms in total. The maximum atomic E-state index is 12.9. The molecule has 2 amide bonds. The van der Waals surface area contributed by atoms with Gasteiger partial charge in [-0.2, -0.15) is 0 Å². The summed E-state index contributed by atoms with van der Waals surface area (Å²) in [5.74, 6) is -0.892. The summed E-state index contributed by atoms with van der Waals surface area (Å²) in [6.45, 7) is 1.48. The summed E-state index contributed by atoms with van der Waals surface area (Å²) in [6.07, 6.45) is 1.38. The molecule has 0 aliphatic heterocycles. The summed E-state index contributed by atoms with van der Waals surface area (Å²) in [5, 5.41) is 5.04. The molecular formula is C15H15FN4O2. The van der Waals surface area contributed by atoms with Crippen LogP contribution >= 0.6 is 0 Å². The fourth-order valence-corrected chi connectivity index (χ4v) is 1.73. The summed E-state index contributed by atoms with van der Waals surface area (Å²) in [6, 6.07) is 7.66. The molecule has 1 aromatic carbocycles. The second-order valence-corrected chi connectivity index (χ2v) is 4.59. The SMILES string of the molecule is CC(=O)NCC(=O)NCc1cc(-c2ccc(F)cc2)ncn1. The molecule has 0 saturated carbocycles. The number of hydrogen-bond acceptors (Lipinski definition) is 4. The van der Waals surface area contributed by atoms with Gasteiger partial charge in [-0.15, -0.1) is 0 Å². The molecule has 2 N–H and O–H groups in total. The molecule has 0 bridgehead atoms. The number of carbonyl (C=O) groups excluding carboxylic acids is 2. The van der Waals surface area contributed by atoms with E-state index in [0.717, 1.165) is 5.56 Å². The fraction of sp³-hybridized carbons (Fsp3) is 0.200. The summed E-state index contributed by atoms with van der Waals surface area (Å²) >= 11 is 0. The Morgan fingerprint density at radius 1 is 1.14 bits per heavy atom. The van der Waals surface area contributed by atoms with Gasteiger partial charge in [0.15, 0.2) is 0 Å². The molecule has 0 atom stereocenters. The average molecular weight is 302 g/mol. The zero-order valence-electron chi connectivity index (χ0n) is 12.0. The second kappa shape index (κ2) is 7.26. The van der Waals surface area contributed by atoms with Crippen molar-refractivity contribution in [2.24, 2.45) is 0 Å². The molecule has 2 aromatic rings. The second-order valence-electron chi connectivity index (χ2n) is 4.59. The Bertz CT molecular complexity index is 673. The van der Waals surface area contributed by atoms with Crippen LogP contribution in [-0.2, 0) is 16.1 Å². The highest BCUT2D eigenvalue weighted by Gasteiger charge is 2.05. The van der Waals surface area contributed by atoms with E-state index in [-0.39, 0.29) is 30.7 Å². The fourth-order valence-electron chi connectivity index (χ4n) is 1.73. The van der Waals surface area contributed by atoms with Gasteiger partial charge in [-0.25, -0.2) is 14.4 Å². The maximum absolute atomic E-state index is 12.9. The van der Waals surface area contributed by atoms with E-state index in [1.165, 1.54) is 25.4 Å². The lowest BCUT2D eigenvalue weighted by Gasteiger charge is -2.06. The molecule has 0 spiro atoms. The minimum absolute atomic E-state index is 0.0781. The number of rotatable bonds is 5. The van der Waals surface area contributed by atoms with Gasteiger partial charge in [0.25, 0.3) is 0 Å². The van der Waals surface area contributed by atoms with Gasteiger partial charge in [-0.3, -0.25) is 9.59 Å². The van der Waals surface area contributed by atoms with Gasteiger partial charge in [-0.1, -0.05) is 0 Å². The Morgan fingerprint density at radius 3 is 2.55 bits per heavy atom. The van der Waals surface area contributed by atoms with Gasteiger partial charge in [0.1, 0.15) is 12.1 Å². The largest absolute Gasteiger partial charge is 0.349 e. The van der Waals surface area contributed by atoms with Crippen LogP contribution < -0.4 is 10.6 Å². The third kappa shape index (κ3) is 4.62. The lowest BCUT2D eigenvalue weighted by molar-refractivity contribution is -0.125. The zero-order chi connectivity index (χ0) is 15.9. The van der Waals surface area contributed by atoms with Crippen molar-refractivity contribution >= 4 is 11.8 Å². The summed E-state index contributed by atoms with van der Waals surface area (Å²) in [7, 11) is 0. The van der Waals surface area contributed by atoms with Gasteiger partial charge in [0.2, 0.25) is 11.8 Å². The zero-order valence-corrected chi connectivity index (χ0v) is 12.0. The quantitative estimate of drug-likeness (QED) is 0.864. The van der Waals surface area contributed by atoms with E-state index in [9.17, 15) is 14.0 Å².